The van der Waals surface area contributed by atoms with Crippen molar-refractivity contribution in [2.45, 2.75) is 32.3 Å². The van der Waals surface area contributed by atoms with E-state index in [4.69, 9.17) is 4.74 Å². The summed E-state index contributed by atoms with van der Waals surface area (Å²) >= 11 is 0. The smallest absolute Gasteiger partial charge is 0.410 e. The first-order valence-corrected chi connectivity index (χ1v) is 7.94. The number of hydrogen-bond acceptors (Lipinski definition) is 3. The highest BCUT2D eigenvalue weighted by Gasteiger charge is 2.44. The van der Waals surface area contributed by atoms with E-state index in [1.165, 1.54) is 0 Å². The van der Waals surface area contributed by atoms with Crippen LogP contribution in [-0.2, 0) is 16.1 Å². The highest BCUT2D eigenvalue weighted by Crippen LogP contribution is 2.37. The number of hydrogen-bond donors (Lipinski definition) is 1. The Morgan fingerprint density at radius 1 is 1.23 bits per heavy atom. The highest BCUT2D eigenvalue weighted by atomic mass is 16.6. The predicted octanol–water partition coefficient (Wildman–Crippen LogP) is 2.32. The number of carbonyl (C=O) groups excluding carboxylic acids is 2. The number of nitrogens with one attached hydrogen (secondary N) is 1. The highest BCUT2D eigenvalue weighted by molar-refractivity contribution is 5.84. The van der Waals surface area contributed by atoms with E-state index >= 15 is 0 Å². The molecular weight excluding hydrogens is 280 g/mol. The Labute approximate surface area is 130 Å². The average molecular weight is 302 g/mol. The number of amides is 2. The number of rotatable bonds is 2. The molecule has 0 radical (unpaired) electrons. The van der Waals surface area contributed by atoms with Gasteiger partial charge in [0.2, 0.25) is 5.91 Å². The fourth-order valence-corrected chi connectivity index (χ4v) is 3.42. The number of carbonyl (C=O) groups is 2. The molecule has 5 heteroatoms. The van der Waals surface area contributed by atoms with Crippen LogP contribution in [0.2, 0.25) is 0 Å². The molecule has 1 aromatic rings. The minimum Gasteiger partial charge on any atom is -0.445 e. The van der Waals surface area contributed by atoms with Gasteiger partial charge in [0, 0.05) is 19.6 Å². The minimum absolute atomic E-state index is 0.0966. The van der Waals surface area contributed by atoms with Gasteiger partial charge in [-0.15, -0.1) is 0 Å². The summed E-state index contributed by atoms with van der Waals surface area (Å²) in [4.78, 5) is 26.2. The molecule has 0 bridgehead atoms. The van der Waals surface area contributed by atoms with Gasteiger partial charge in [-0.3, -0.25) is 4.79 Å². The van der Waals surface area contributed by atoms with E-state index in [9.17, 15) is 9.59 Å². The lowest BCUT2D eigenvalue weighted by Gasteiger charge is -2.43. The number of ether oxygens (including phenoxy) is 1. The first kappa shape index (κ1) is 14.9. The Balaban J connectivity index is 1.59. The van der Waals surface area contributed by atoms with Crippen LogP contribution >= 0.6 is 0 Å². The molecule has 0 saturated carbocycles. The van der Waals surface area contributed by atoms with Gasteiger partial charge in [-0.1, -0.05) is 30.3 Å². The average Bonchev–Trinajstić information content (AvgIpc) is 2.57. The van der Waals surface area contributed by atoms with Gasteiger partial charge in [0.1, 0.15) is 6.61 Å². The fraction of sp³-hybridized carbons (Fsp3) is 0.529. The largest absolute Gasteiger partial charge is 0.445 e. The molecule has 1 aromatic carbocycles. The van der Waals surface area contributed by atoms with Gasteiger partial charge in [-0.2, -0.15) is 0 Å². The van der Waals surface area contributed by atoms with E-state index in [2.05, 4.69) is 5.32 Å². The van der Waals surface area contributed by atoms with Crippen LogP contribution in [0, 0.1) is 5.41 Å². The van der Waals surface area contributed by atoms with Gasteiger partial charge in [-0.05, 0) is 31.2 Å². The van der Waals surface area contributed by atoms with Gasteiger partial charge in [-0.25, -0.2) is 4.79 Å². The van der Waals surface area contributed by atoms with Gasteiger partial charge < -0.3 is 15.0 Å². The number of piperidine rings is 2. The summed E-state index contributed by atoms with van der Waals surface area (Å²) in [6, 6.07) is 9.64. The summed E-state index contributed by atoms with van der Waals surface area (Å²) < 4.78 is 5.39. The van der Waals surface area contributed by atoms with E-state index in [1.54, 1.807) is 4.90 Å². The molecule has 2 aliphatic heterocycles. The van der Waals surface area contributed by atoms with Crippen LogP contribution in [0.4, 0.5) is 4.79 Å². The lowest BCUT2D eigenvalue weighted by Crippen LogP contribution is -2.55. The second kappa shape index (κ2) is 6.38. The zero-order valence-electron chi connectivity index (χ0n) is 12.7. The summed E-state index contributed by atoms with van der Waals surface area (Å²) in [5.74, 6) is 0.0966. The molecule has 22 heavy (non-hydrogen) atoms. The molecule has 0 aromatic heterocycles. The van der Waals surface area contributed by atoms with Gasteiger partial charge in [0.25, 0.3) is 0 Å². The van der Waals surface area contributed by atoms with Crippen molar-refractivity contribution in [2.24, 2.45) is 5.41 Å². The molecule has 1 N–H and O–H groups in total. The normalized spacial score (nSPS) is 24.9. The Morgan fingerprint density at radius 3 is 2.77 bits per heavy atom. The molecule has 2 aliphatic rings. The van der Waals surface area contributed by atoms with Crippen molar-refractivity contribution >= 4 is 12.0 Å². The van der Waals surface area contributed by atoms with Crippen molar-refractivity contribution in [2.75, 3.05) is 19.6 Å². The fourth-order valence-electron chi connectivity index (χ4n) is 3.42. The van der Waals surface area contributed by atoms with Crippen LogP contribution < -0.4 is 5.32 Å². The van der Waals surface area contributed by atoms with Gasteiger partial charge in [0.05, 0.1) is 5.41 Å². The second-order valence-corrected chi connectivity index (χ2v) is 6.21. The molecule has 2 heterocycles. The maximum Gasteiger partial charge on any atom is 0.410 e. The third-order valence-electron chi connectivity index (χ3n) is 4.64. The lowest BCUT2D eigenvalue weighted by molar-refractivity contribution is -0.136. The van der Waals surface area contributed by atoms with Crippen molar-refractivity contribution in [3.8, 4) is 0 Å². The maximum absolute atomic E-state index is 12.3. The molecule has 1 unspecified atom stereocenters. The third-order valence-corrected chi connectivity index (χ3v) is 4.64. The van der Waals surface area contributed by atoms with E-state index < -0.39 is 5.41 Å². The topological polar surface area (TPSA) is 58.6 Å². The van der Waals surface area contributed by atoms with Crippen LogP contribution in [0.25, 0.3) is 0 Å². The molecule has 3 rings (SSSR count). The monoisotopic (exact) mass is 302 g/mol. The summed E-state index contributed by atoms with van der Waals surface area (Å²) in [5, 5.41) is 2.94. The molecule has 5 nitrogen and oxygen atoms in total. The predicted molar refractivity (Wildman–Crippen MR) is 82.1 cm³/mol. The van der Waals surface area contributed by atoms with Gasteiger partial charge in [0.15, 0.2) is 0 Å². The molecular formula is C17H22N2O3. The van der Waals surface area contributed by atoms with Crippen LogP contribution in [0.3, 0.4) is 0 Å². The quantitative estimate of drug-likeness (QED) is 0.912. The van der Waals surface area contributed by atoms with Crippen LogP contribution in [0.5, 0.6) is 0 Å². The summed E-state index contributed by atoms with van der Waals surface area (Å²) in [5.41, 5.74) is 0.570. The molecule has 1 spiro atoms. The maximum atomic E-state index is 12.3. The molecule has 2 saturated heterocycles. The van der Waals surface area contributed by atoms with Crippen molar-refractivity contribution in [1.82, 2.24) is 10.2 Å². The van der Waals surface area contributed by atoms with Crippen molar-refractivity contribution in [3.63, 3.8) is 0 Å². The Bertz CT molecular complexity index is 542. The van der Waals surface area contributed by atoms with Crippen LogP contribution in [-0.4, -0.2) is 36.5 Å². The molecule has 2 amide bonds. The summed E-state index contributed by atoms with van der Waals surface area (Å²) in [6.45, 7) is 2.17. The third kappa shape index (κ3) is 3.08. The number of benzene rings is 1. The first-order chi connectivity index (χ1) is 10.7. The number of likely N-dealkylation sites (tertiary alicyclic amines) is 1. The van der Waals surface area contributed by atoms with E-state index in [1.807, 2.05) is 30.3 Å². The van der Waals surface area contributed by atoms with Crippen molar-refractivity contribution in [1.29, 1.82) is 0 Å². The summed E-state index contributed by atoms with van der Waals surface area (Å²) in [6.07, 6.45) is 3.25. The van der Waals surface area contributed by atoms with E-state index in [-0.39, 0.29) is 18.6 Å². The zero-order valence-corrected chi connectivity index (χ0v) is 12.7. The molecule has 118 valence electrons. The Kier molecular flexibility index (Phi) is 4.32. The SMILES string of the molecule is O=C(OCc1ccccc1)N1CCCC2(CCCNC2=O)C1. The molecule has 2 fully saturated rings. The van der Waals surface area contributed by atoms with Crippen molar-refractivity contribution in [3.05, 3.63) is 35.9 Å². The summed E-state index contributed by atoms with van der Waals surface area (Å²) in [7, 11) is 0. The van der Waals surface area contributed by atoms with E-state index in [0.717, 1.165) is 37.8 Å². The lowest BCUT2D eigenvalue weighted by atomic mass is 9.74. The Morgan fingerprint density at radius 2 is 2.00 bits per heavy atom. The number of nitrogens with zero attached hydrogens (tertiary/aromatic N) is 1. The van der Waals surface area contributed by atoms with Crippen LogP contribution in [0.1, 0.15) is 31.2 Å². The molecule has 1 atom stereocenters. The second-order valence-electron chi connectivity index (χ2n) is 6.21. The first-order valence-electron chi connectivity index (χ1n) is 7.94. The zero-order chi connectivity index (χ0) is 15.4. The van der Waals surface area contributed by atoms with E-state index in [0.29, 0.717) is 13.1 Å². The van der Waals surface area contributed by atoms with Gasteiger partial charge >= 0.3 is 6.09 Å². The van der Waals surface area contributed by atoms with Crippen molar-refractivity contribution < 1.29 is 14.3 Å². The molecule has 0 aliphatic carbocycles. The van der Waals surface area contributed by atoms with Crippen LogP contribution in [0.15, 0.2) is 30.3 Å². The minimum atomic E-state index is -0.401. The standard InChI is InChI=1S/C17H22N2O3/c20-15-17(8-4-10-18-15)9-5-11-19(13-17)16(21)22-12-14-6-2-1-3-7-14/h1-3,6-7H,4-5,8-13H2,(H,18,20). The Hall–Kier alpha value is -2.04.